The monoisotopic (exact) mass is 486 g/mol. The average molecular weight is 487 g/mol. The Hall–Kier alpha value is -2.82. The molecule has 0 unspecified atom stereocenters. The van der Waals surface area contributed by atoms with Crippen LogP contribution in [0.25, 0.3) is 22.0 Å². The molecule has 0 aliphatic rings. The van der Waals surface area contributed by atoms with Crippen LogP contribution in [0.5, 0.6) is 5.75 Å². The summed E-state index contributed by atoms with van der Waals surface area (Å²) in [5.41, 5.74) is 8.59. The summed E-state index contributed by atoms with van der Waals surface area (Å²) in [5.74, 6) is 0.732. The molecule has 0 amide bonds. The summed E-state index contributed by atoms with van der Waals surface area (Å²) in [4.78, 5) is 4.18. The fourth-order valence-corrected chi connectivity index (χ4v) is 4.11. The predicted molar refractivity (Wildman–Crippen MR) is 135 cm³/mol. The van der Waals surface area contributed by atoms with Crippen LogP contribution in [-0.4, -0.2) is 53.6 Å². The second-order valence-corrected chi connectivity index (χ2v) is 8.98. The molecule has 0 fully saturated rings. The quantitative estimate of drug-likeness (QED) is 0.165. The van der Waals surface area contributed by atoms with Crippen LogP contribution in [0.3, 0.4) is 0 Å². The SMILES string of the molecule is CC(C)Oc1ccccc1-c1ccc(N=Nc2cc(S(=O)(=O)O)c3ccccc3c2N)cn1.[NaH]. The van der Waals surface area contributed by atoms with Gasteiger partial charge in [0.25, 0.3) is 10.1 Å². The molecule has 34 heavy (non-hydrogen) atoms. The van der Waals surface area contributed by atoms with Crippen LogP contribution in [-0.2, 0) is 10.1 Å². The van der Waals surface area contributed by atoms with Crippen LogP contribution in [0.2, 0.25) is 0 Å². The molecule has 0 atom stereocenters. The standard InChI is InChI=1S/C24H22N4O4S.Na.H/c1-15(2)32-22-10-6-5-9-19(22)20-12-11-16(14-26-20)27-28-21-13-23(33(29,30)31)17-7-3-4-8-18(17)24(21)25;;/h3-15H,25H2,1-2H3,(H,29,30,31);;. The zero-order valence-corrected chi connectivity index (χ0v) is 18.8. The number of nitrogens with two attached hydrogens (primary N) is 1. The maximum absolute atomic E-state index is 11.9. The van der Waals surface area contributed by atoms with Gasteiger partial charge in [0.15, 0.2) is 0 Å². The van der Waals surface area contributed by atoms with Gasteiger partial charge in [-0.25, -0.2) is 0 Å². The first kappa shape index (κ1) is 25.8. The Kier molecular flexibility index (Phi) is 8.06. The van der Waals surface area contributed by atoms with Crippen molar-refractivity contribution in [2.45, 2.75) is 24.8 Å². The first-order valence-corrected chi connectivity index (χ1v) is 11.6. The number of rotatable bonds is 6. The van der Waals surface area contributed by atoms with Crippen molar-refractivity contribution in [3.05, 3.63) is 72.9 Å². The Morgan fingerprint density at radius 3 is 2.29 bits per heavy atom. The van der Waals surface area contributed by atoms with Crippen LogP contribution in [0.4, 0.5) is 17.1 Å². The summed E-state index contributed by atoms with van der Waals surface area (Å²) in [6.07, 6.45) is 1.57. The third kappa shape index (κ3) is 5.63. The van der Waals surface area contributed by atoms with Crippen LogP contribution < -0.4 is 10.5 Å². The minimum absolute atomic E-state index is 0. The maximum atomic E-state index is 11.9. The van der Waals surface area contributed by atoms with E-state index >= 15 is 0 Å². The van der Waals surface area contributed by atoms with E-state index in [0.29, 0.717) is 22.2 Å². The Bertz CT molecular complexity index is 1460. The van der Waals surface area contributed by atoms with Gasteiger partial charge < -0.3 is 10.5 Å². The number of anilines is 1. The van der Waals surface area contributed by atoms with Gasteiger partial charge in [0.05, 0.1) is 23.7 Å². The van der Waals surface area contributed by atoms with Gasteiger partial charge in [-0.05, 0) is 44.2 Å². The fourth-order valence-electron chi connectivity index (χ4n) is 3.40. The van der Waals surface area contributed by atoms with Crippen molar-refractivity contribution in [3.8, 4) is 17.0 Å². The fraction of sp³-hybridized carbons (Fsp3) is 0.125. The molecule has 8 nitrogen and oxygen atoms in total. The number of fused-ring (bicyclic) bond motifs is 1. The molecule has 0 aliphatic heterocycles. The third-order valence-corrected chi connectivity index (χ3v) is 5.74. The molecular formula is C24H23N4NaO4S. The minimum atomic E-state index is -4.48. The number of para-hydroxylation sites is 1. The number of nitrogens with zero attached hydrogens (tertiary/aromatic N) is 3. The molecule has 170 valence electrons. The van der Waals surface area contributed by atoms with Crippen molar-refractivity contribution in [2.75, 3.05) is 5.73 Å². The number of benzene rings is 3. The first-order valence-electron chi connectivity index (χ1n) is 10.2. The van der Waals surface area contributed by atoms with Crippen molar-refractivity contribution < 1.29 is 17.7 Å². The van der Waals surface area contributed by atoms with Gasteiger partial charge >= 0.3 is 29.6 Å². The Morgan fingerprint density at radius 1 is 0.971 bits per heavy atom. The molecule has 4 rings (SSSR count). The number of pyridine rings is 1. The summed E-state index contributed by atoms with van der Waals surface area (Å²) in [6.45, 7) is 3.92. The van der Waals surface area contributed by atoms with E-state index in [9.17, 15) is 13.0 Å². The van der Waals surface area contributed by atoms with E-state index in [-0.39, 0.29) is 51.9 Å². The predicted octanol–water partition coefficient (Wildman–Crippen LogP) is 5.28. The molecule has 0 spiro atoms. The number of ether oxygens (including phenoxy) is 1. The molecule has 0 radical (unpaired) electrons. The molecule has 0 bridgehead atoms. The van der Waals surface area contributed by atoms with Crippen molar-refractivity contribution in [1.82, 2.24) is 4.98 Å². The van der Waals surface area contributed by atoms with Crippen molar-refractivity contribution in [1.29, 1.82) is 0 Å². The van der Waals surface area contributed by atoms with Gasteiger partial charge in [-0.2, -0.15) is 8.42 Å². The van der Waals surface area contributed by atoms with E-state index in [4.69, 9.17) is 10.5 Å². The number of nitrogen functional groups attached to an aromatic ring is 1. The molecular weight excluding hydrogens is 463 g/mol. The van der Waals surface area contributed by atoms with E-state index < -0.39 is 10.1 Å². The van der Waals surface area contributed by atoms with E-state index in [0.717, 1.165) is 11.3 Å². The van der Waals surface area contributed by atoms with Gasteiger partial charge in [-0.1, -0.05) is 36.4 Å². The van der Waals surface area contributed by atoms with Gasteiger partial charge in [-0.15, -0.1) is 10.2 Å². The number of aromatic nitrogens is 1. The van der Waals surface area contributed by atoms with Gasteiger partial charge in [0.1, 0.15) is 22.0 Å². The number of azo groups is 1. The molecule has 3 aromatic carbocycles. The van der Waals surface area contributed by atoms with Gasteiger partial charge in [0.2, 0.25) is 0 Å². The summed E-state index contributed by atoms with van der Waals surface area (Å²) in [5, 5.41) is 9.03. The molecule has 1 aromatic heterocycles. The van der Waals surface area contributed by atoms with Crippen LogP contribution >= 0.6 is 0 Å². The summed E-state index contributed by atoms with van der Waals surface area (Å²) < 4.78 is 39.2. The second-order valence-electron chi connectivity index (χ2n) is 7.59. The van der Waals surface area contributed by atoms with Crippen molar-refractivity contribution in [2.24, 2.45) is 10.2 Å². The third-order valence-electron chi connectivity index (χ3n) is 4.85. The molecule has 0 saturated carbocycles. The van der Waals surface area contributed by atoms with Crippen LogP contribution in [0.1, 0.15) is 13.8 Å². The first-order chi connectivity index (χ1) is 15.7. The van der Waals surface area contributed by atoms with E-state index in [2.05, 4.69) is 15.2 Å². The number of hydrogen-bond acceptors (Lipinski definition) is 7. The Morgan fingerprint density at radius 2 is 1.65 bits per heavy atom. The molecule has 1 heterocycles. The van der Waals surface area contributed by atoms with Crippen LogP contribution in [0.15, 0.2) is 88.1 Å². The Balaban J connectivity index is 0.00000324. The molecule has 0 saturated heterocycles. The molecule has 10 heteroatoms. The zero-order valence-electron chi connectivity index (χ0n) is 18.0. The number of hydrogen-bond donors (Lipinski definition) is 2. The van der Waals surface area contributed by atoms with E-state index in [1.54, 1.807) is 42.6 Å². The van der Waals surface area contributed by atoms with E-state index in [1.807, 2.05) is 38.1 Å². The average Bonchev–Trinajstić information content (AvgIpc) is 2.78. The molecule has 4 aromatic rings. The Labute approximate surface area is 219 Å². The second kappa shape index (κ2) is 10.6. The van der Waals surface area contributed by atoms with Crippen molar-refractivity contribution in [3.63, 3.8) is 0 Å². The molecule has 0 aliphatic carbocycles. The van der Waals surface area contributed by atoms with Gasteiger partial charge in [0, 0.05) is 16.3 Å². The normalized spacial score (nSPS) is 11.6. The van der Waals surface area contributed by atoms with Gasteiger partial charge in [-0.3, -0.25) is 9.54 Å². The summed E-state index contributed by atoms with van der Waals surface area (Å²) in [7, 11) is -4.48. The molecule has 3 N–H and O–H groups in total. The van der Waals surface area contributed by atoms with E-state index in [1.165, 1.54) is 6.07 Å². The van der Waals surface area contributed by atoms with Crippen LogP contribution in [0, 0.1) is 0 Å². The topological polar surface area (TPSA) is 127 Å². The zero-order chi connectivity index (χ0) is 23.6. The van der Waals surface area contributed by atoms with Crippen molar-refractivity contribution >= 4 is 67.5 Å². The summed E-state index contributed by atoms with van der Waals surface area (Å²) >= 11 is 0. The summed E-state index contributed by atoms with van der Waals surface area (Å²) in [6, 6.07) is 19.0.